The molecule has 76 valence electrons. The molecule has 1 spiro atoms. The van der Waals surface area contributed by atoms with Crippen LogP contribution in [0, 0.1) is 0 Å². The van der Waals surface area contributed by atoms with Crippen molar-refractivity contribution < 1.29 is 0 Å². The third-order valence-electron chi connectivity index (χ3n) is 3.68. The maximum atomic E-state index is 3.53. The van der Waals surface area contributed by atoms with E-state index in [9.17, 15) is 0 Å². The normalized spacial score (nSPS) is 21.4. The van der Waals surface area contributed by atoms with E-state index in [4.69, 9.17) is 0 Å². The van der Waals surface area contributed by atoms with Gasteiger partial charge < -0.3 is 5.32 Å². The summed E-state index contributed by atoms with van der Waals surface area (Å²) < 4.78 is 0. The van der Waals surface area contributed by atoms with Gasteiger partial charge in [0.25, 0.3) is 0 Å². The average Bonchev–Trinajstić information content (AvgIpc) is 2.78. The van der Waals surface area contributed by atoms with Gasteiger partial charge in [-0.05, 0) is 24.5 Å². The van der Waals surface area contributed by atoms with Crippen LogP contribution in [-0.2, 0) is 5.41 Å². The minimum atomic E-state index is 0. The lowest BCUT2D eigenvalue weighted by Crippen LogP contribution is -2.23. The molecule has 0 amide bonds. The van der Waals surface area contributed by atoms with Crippen molar-refractivity contribution in [2.24, 2.45) is 0 Å². The van der Waals surface area contributed by atoms with Gasteiger partial charge in [-0.1, -0.05) is 31.0 Å². The molecule has 1 saturated carbocycles. The number of anilines is 1. The first-order chi connectivity index (χ1) is 6.41. The van der Waals surface area contributed by atoms with Gasteiger partial charge in [0.2, 0.25) is 0 Å². The van der Waals surface area contributed by atoms with Crippen LogP contribution < -0.4 is 5.32 Å². The summed E-state index contributed by atoms with van der Waals surface area (Å²) in [5, 5.41) is 3.53. The van der Waals surface area contributed by atoms with E-state index in [-0.39, 0.29) is 12.4 Å². The molecular formula is C12H16ClN. The molecule has 0 aromatic heterocycles. The molecule has 1 heterocycles. The molecule has 1 nitrogen and oxygen atoms in total. The summed E-state index contributed by atoms with van der Waals surface area (Å²) in [7, 11) is 0. The van der Waals surface area contributed by atoms with Gasteiger partial charge in [0.15, 0.2) is 0 Å². The van der Waals surface area contributed by atoms with Crippen molar-refractivity contribution in [2.75, 3.05) is 11.9 Å². The molecule has 1 aliphatic heterocycles. The number of nitrogens with one attached hydrogen (secondary N) is 1. The van der Waals surface area contributed by atoms with Gasteiger partial charge in [-0.25, -0.2) is 0 Å². The summed E-state index contributed by atoms with van der Waals surface area (Å²) in [4.78, 5) is 0. The second-order valence-corrected chi connectivity index (χ2v) is 4.39. The fourth-order valence-electron chi connectivity index (χ4n) is 2.96. The molecule has 3 rings (SSSR count). The summed E-state index contributed by atoms with van der Waals surface area (Å²) in [5.41, 5.74) is 3.47. The number of hydrogen-bond donors (Lipinski definition) is 1. The topological polar surface area (TPSA) is 12.0 Å². The van der Waals surface area contributed by atoms with Crippen molar-refractivity contribution in [3.05, 3.63) is 29.8 Å². The van der Waals surface area contributed by atoms with E-state index in [0.717, 1.165) is 0 Å². The first kappa shape index (κ1) is 9.85. The van der Waals surface area contributed by atoms with Gasteiger partial charge in [-0.3, -0.25) is 0 Å². The fraction of sp³-hybridized carbons (Fsp3) is 0.500. The van der Waals surface area contributed by atoms with E-state index in [2.05, 4.69) is 29.6 Å². The average molecular weight is 210 g/mol. The van der Waals surface area contributed by atoms with E-state index in [0.29, 0.717) is 5.41 Å². The van der Waals surface area contributed by atoms with Crippen molar-refractivity contribution in [3.8, 4) is 0 Å². The number of benzene rings is 1. The molecule has 2 aliphatic rings. The summed E-state index contributed by atoms with van der Waals surface area (Å²) in [5.74, 6) is 0. The van der Waals surface area contributed by atoms with Crippen LogP contribution in [0.25, 0.3) is 0 Å². The SMILES string of the molecule is Cl.c1ccc2c(c1)NCC21CCCC1. The minimum absolute atomic E-state index is 0. The van der Waals surface area contributed by atoms with Gasteiger partial charge in [0, 0.05) is 17.6 Å². The van der Waals surface area contributed by atoms with Crippen molar-refractivity contribution in [2.45, 2.75) is 31.1 Å². The standard InChI is InChI=1S/C12H15N.ClH/c1-2-6-11-10(5-1)12(9-13-11)7-3-4-8-12;/h1-2,5-6,13H,3-4,7-9H2;1H. The Bertz CT molecular complexity index is 329. The lowest BCUT2D eigenvalue weighted by Gasteiger charge is -2.22. The van der Waals surface area contributed by atoms with E-state index in [1.54, 1.807) is 5.56 Å². The smallest absolute Gasteiger partial charge is 0.0379 e. The van der Waals surface area contributed by atoms with E-state index in [1.807, 2.05) is 0 Å². The molecule has 0 atom stereocenters. The Hall–Kier alpha value is -0.690. The van der Waals surface area contributed by atoms with Crippen LogP contribution in [0.15, 0.2) is 24.3 Å². The molecule has 0 saturated heterocycles. The first-order valence-corrected chi connectivity index (χ1v) is 5.24. The van der Waals surface area contributed by atoms with Crippen LogP contribution in [-0.4, -0.2) is 6.54 Å². The van der Waals surface area contributed by atoms with E-state index in [1.165, 1.54) is 37.9 Å². The van der Waals surface area contributed by atoms with Crippen molar-refractivity contribution in [3.63, 3.8) is 0 Å². The molecule has 14 heavy (non-hydrogen) atoms. The Morgan fingerprint density at radius 1 is 1.07 bits per heavy atom. The molecule has 0 bridgehead atoms. The van der Waals surface area contributed by atoms with E-state index >= 15 is 0 Å². The monoisotopic (exact) mass is 209 g/mol. The minimum Gasteiger partial charge on any atom is -0.384 e. The van der Waals surface area contributed by atoms with Crippen LogP contribution in [0.1, 0.15) is 31.2 Å². The van der Waals surface area contributed by atoms with Crippen molar-refractivity contribution in [1.29, 1.82) is 0 Å². The molecule has 0 unspecified atom stereocenters. The Kier molecular flexibility index (Phi) is 2.44. The largest absolute Gasteiger partial charge is 0.384 e. The number of para-hydroxylation sites is 1. The maximum Gasteiger partial charge on any atom is 0.0379 e. The lowest BCUT2D eigenvalue weighted by molar-refractivity contribution is 0.489. The predicted octanol–water partition coefficient (Wildman–Crippen LogP) is 3.35. The third kappa shape index (κ3) is 1.23. The van der Waals surface area contributed by atoms with Gasteiger partial charge >= 0.3 is 0 Å². The highest BCUT2D eigenvalue weighted by molar-refractivity contribution is 5.85. The molecule has 1 aromatic carbocycles. The number of hydrogen-bond acceptors (Lipinski definition) is 1. The zero-order chi connectivity index (χ0) is 8.73. The Morgan fingerprint density at radius 3 is 2.57 bits per heavy atom. The zero-order valence-corrected chi connectivity index (χ0v) is 9.07. The number of halogens is 1. The quantitative estimate of drug-likeness (QED) is 0.691. The number of rotatable bonds is 0. The Morgan fingerprint density at radius 2 is 1.79 bits per heavy atom. The number of fused-ring (bicyclic) bond motifs is 2. The molecule has 1 fully saturated rings. The highest BCUT2D eigenvalue weighted by Gasteiger charge is 2.40. The molecule has 0 radical (unpaired) electrons. The zero-order valence-electron chi connectivity index (χ0n) is 8.25. The lowest BCUT2D eigenvalue weighted by atomic mass is 9.81. The van der Waals surface area contributed by atoms with Crippen LogP contribution in [0.3, 0.4) is 0 Å². The van der Waals surface area contributed by atoms with Crippen molar-refractivity contribution >= 4 is 18.1 Å². The molecule has 1 aliphatic carbocycles. The van der Waals surface area contributed by atoms with Crippen LogP contribution >= 0.6 is 12.4 Å². The Labute approximate surface area is 91.3 Å². The highest BCUT2D eigenvalue weighted by Crippen LogP contribution is 2.47. The van der Waals surface area contributed by atoms with Crippen molar-refractivity contribution in [1.82, 2.24) is 0 Å². The third-order valence-corrected chi connectivity index (χ3v) is 3.68. The molecule has 1 aromatic rings. The predicted molar refractivity (Wildman–Crippen MR) is 62.3 cm³/mol. The van der Waals surface area contributed by atoms with Gasteiger partial charge in [0.1, 0.15) is 0 Å². The summed E-state index contributed by atoms with van der Waals surface area (Å²) in [6.45, 7) is 1.17. The second-order valence-electron chi connectivity index (χ2n) is 4.39. The van der Waals surface area contributed by atoms with E-state index < -0.39 is 0 Å². The molecule has 1 N–H and O–H groups in total. The van der Waals surface area contributed by atoms with Gasteiger partial charge in [-0.15, -0.1) is 12.4 Å². The van der Waals surface area contributed by atoms with Crippen LogP contribution in [0.5, 0.6) is 0 Å². The summed E-state index contributed by atoms with van der Waals surface area (Å²) in [6.07, 6.45) is 5.60. The van der Waals surface area contributed by atoms with Crippen LogP contribution in [0.2, 0.25) is 0 Å². The summed E-state index contributed by atoms with van der Waals surface area (Å²) >= 11 is 0. The molecule has 2 heteroatoms. The van der Waals surface area contributed by atoms with Gasteiger partial charge in [-0.2, -0.15) is 0 Å². The summed E-state index contributed by atoms with van der Waals surface area (Å²) in [6, 6.07) is 8.81. The first-order valence-electron chi connectivity index (χ1n) is 5.24. The fourth-order valence-corrected chi connectivity index (χ4v) is 2.96. The molecular weight excluding hydrogens is 194 g/mol. The second kappa shape index (κ2) is 3.47. The highest BCUT2D eigenvalue weighted by atomic mass is 35.5. The van der Waals surface area contributed by atoms with Crippen LogP contribution in [0.4, 0.5) is 5.69 Å². The van der Waals surface area contributed by atoms with Gasteiger partial charge in [0.05, 0.1) is 0 Å². The maximum absolute atomic E-state index is 3.53. The Balaban J connectivity index is 0.000000750.